The monoisotopic (exact) mass is 385 g/mol. The minimum absolute atomic E-state index is 0.182. The molecule has 144 valence electrons. The summed E-state index contributed by atoms with van der Waals surface area (Å²) in [7, 11) is 0.695. The van der Waals surface area contributed by atoms with Crippen LogP contribution in [0.25, 0.3) is 0 Å². The molecule has 0 bridgehead atoms. The molecule has 2 aliphatic rings. The number of pyridine rings is 1. The normalized spacial score (nSPS) is 21.6. The van der Waals surface area contributed by atoms with Crippen LogP contribution in [0.4, 0.5) is 11.6 Å². The van der Waals surface area contributed by atoms with Crippen molar-refractivity contribution in [1.29, 1.82) is 0 Å². The highest BCUT2D eigenvalue weighted by molar-refractivity contribution is 7.46. The standard InChI is InChI=1S/C15H21N2OP.C5H7N3/c1-9-8-12-13(6-7-16-15(12)19-3)17(10(2)18)14(9)11-4-5-11;1-4-2-3-7-5(6)8-4/h6-7,9,11,14,19H,4-5,8H2,1-3H3;2-3H,1H3,(H2,6,7,8)/t9?,14-;/m1./s1. The number of aromatic nitrogens is 3. The number of nitrogen functional groups attached to an aromatic ring is 1. The number of hydrogen-bond donors (Lipinski definition) is 1. The lowest BCUT2D eigenvalue weighted by molar-refractivity contribution is -0.117. The Hall–Kier alpha value is -2.07. The number of amides is 1. The zero-order valence-electron chi connectivity index (χ0n) is 16.4. The van der Waals surface area contributed by atoms with Gasteiger partial charge in [-0.1, -0.05) is 15.5 Å². The minimum atomic E-state index is 0.182. The first-order valence-corrected chi connectivity index (χ1v) is 10.9. The second-order valence-electron chi connectivity index (χ2n) is 7.36. The van der Waals surface area contributed by atoms with E-state index in [9.17, 15) is 4.79 Å². The molecular weight excluding hydrogens is 357 g/mol. The van der Waals surface area contributed by atoms with Gasteiger partial charge in [0.2, 0.25) is 11.9 Å². The maximum absolute atomic E-state index is 12.2. The number of carbonyl (C=O) groups is 1. The lowest BCUT2D eigenvalue weighted by Crippen LogP contribution is -2.49. The average Bonchev–Trinajstić information content (AvgIpc) is 3.45. The van der Waals surface area contributed by atoms with Crippen LogP contribution < -0.4 is 16.1 Å². The quantitative estimate of drug-likeness (QED) is 0.804. The molecule has 27 heavy (non-hydrogen) atoms. The molecule has 1 amide bonds. The number of hydrogen-bond acceptors (Lipinski definition) is 5. The van der Waals surface area contributed by atoms with Crippen molar-refractivity contribution in [3.8, 4) is 0 Å². The molecule has 0 radical (unpaired) electrons. The van der Waals surface area contributed by atoms with Crippen LogP contribution in [0.2, 0.25) is 0 Å². The predicted molar refractivity (Wildman–Crippen MR) is 112 cm³/mol. The van der Waals surface area contributed by atoms with Crippen molar-refractivity contribution in [2.75, 3.05) is 17.3 Å². The second kappa shape index (κ2) is 8.30. The van der Waals surface area contributed by atoms with E-state index in [0.717, 1.165) is 17.8 Å². The van der Waals surface area contributed by atoms with Crippen molar-refractivity contribution in [3.63, 3.8) is 0 Å². The van der Waals surface area contributed by atoms with Gasteiger partial charge in [-0.05, 0) is 56.8 Å². The molecule has 2 aromatic heterocycles. The van der Waals surface area contributed by atoms with Gasteiger partial charge in [0.25, 0.3) is 0 Å². The van der Waals surface area contributed by atoms with E-state index < -0.39 is 0 Å². The lowest BCUT2D eigenvalue weighted by atomic mass is 9.85. The SMILES string of the molecule is CPc1nccc2c1CC(C)[C@H](C1CC1)N2C(C)=O.Cc1ccnc(N)n1. The van der Waals surface area contributed by atoms with Crippen LogP contribution in [-0.2, 0) is 11.2 Å². The number of nitrogens with two attached hydrogens (primary N) is 1. The molecule has 2 aromatic rings. The number of aryl methyl sites for hydroxylation is 1. The van der Waals surface area contributed by atoms with E-state index in [1.807, 2.05) is 19.2 Å². The predicted octanol–water partition coefficient (Wildman–Crippen LogP) is 2.71. The molecule has 1 saturated carbocycles. The maximum atomic E-state index is 12.2. The smallest absolute Gasteiger partial charge is 0.224 e. The molecule has 0 saturated heterocycles. The Bertz CT molecular complexity index is 807. The number of carbonyl (C=O) groups excluding carboxylic acids is 1. The van der Waals surface area contributed by atoms with Gasteiger partial charge in [-0.25, -0.2) is 9.97 Å². The van der Waals surface area contributed by atoms with Crippen LogP contribution in [0.3, 0.4) is 0 Å². The van der Waals surface area contributed by atoms with Crippen LogP contribution >= 0.6 is 8.58 Å². The summed E-state index contributed by atoms with van der Waals surface area (Å²) in [6, 6.07) is 4.23. The summed E-state index contributed by atoms with van der Waals surface area (Å²) >= 11 is 0. The van der Waals surface area contributed by atoms with Gasteiger partial charge in [-0.3, -0.25) is 9.78 Å². The summed E-state index contributed by atoms with van der Waals surface area (Å²) in [5, 5.41) is 0. The number of nitrogens with zero attached hydrogens (tertiary/aromatic N) is 4. The molecule has 7 heteroatoms. The summed E-state index contributed by atoms with van der Waals surface area (Å²) in [5.41, 5.74) is 9.76. The summed E-state index contributed by atoms with van der Waals surface area (Å²) in [4.78, 5) is 26.3. The molecule has 6 nitrogen and oxygen atoms in total. The summed E-state index contributed by atoms with van der Waals surface area (Å²) in [5.74, 6) is 1.78. The maximum Gasteiger partial charge on any atom is 0.224 e. The number of fused-ring (bicyclic) bond motifs is 1. The fourth-order valence-electron chi connectivity index (χ4n) is 3.94. The minimum Gasteiger partial charge on any atom is -0.368 e. The third kappa shape index (κ3) is 4.44. The molecule has 1 fully saturated rings. The van der Waals surface area contributed by atoms with Gasteiger partial charge in [0.05, 0.1) is 11.1 Å². The molecule has 2 N–H and O–H groups in total. The molecule has 1 aliphatic carbocycles. The Morgan fingerprint density at radius 2 is 1.96 bits per heavy atom. The van der Waals surface area contributed by atoms with E-state index in [1.54, 1.807) is 19.2 Å². The Morgan fingerprint density at radius 3 is 2.48 bits per heavy atom. The molecule has 2 unspecified atom stereocenters. The van der Waals surface area contributed by atoms with Crippen molar-refractivity contribution >= 4 is 31.6 Å². The highest BCUT2D eigenvalue weighted by Gasteiger charge is 2.44. The molecule has 0 aromatic carbocycles. The van der Waals surface area contributed by atoms with Crippen LogP contribution in [0, 0.1) is 18.8 Å². The van der Waals surface area contributed by atoms with Crippen molar-refractivity contribution < 1.29 is 4.79 Å². The van der Waals surface area contributed by atoms with E-state index in [0.29, 0.717) is 32.4 Å². The van der Waals surface area contributed by atoms with Crippen molar-refractivity contribution in [2.24, 2.45) is 11.8 Å². The fourth-order valence-corrected chi connectivity index (χ4v) is 4.68. The number of anilines is 2. The van der Waals surface area contributed by atoms with Crippen LogP contribution in [0.1, 0.15) is 37.9 Å². The molecule has 3 atom stereocenters. The van der Waals surface area contributed by atoms with Gasteiger partial charge < -0.3 is 10.6 Å². The second-order valence-corrected chi connectivity index (χ2v) is 8.34. The van der Waals surface area contributed by atoms with E-state index in [2.05, 4.69) is 33.4 Å². The molecule has 4 rings (SSSR count). The molecular formula is C20H28N5OP. The largest absolute Gasteiger partial charge is 0.368 e. The summed E-state index contributed by atoms with van der Waals surface area (Å²) in [6.45, 7) is 8.03. The first-order chi connectivity index (χ1) is 12.9. The van der Waals surface area contributed by atoms with Gasteiger partial charge >= 0.3 is 0 Å². The molecule has 1 aliphatic heterocycles. The average molecular weight is 385 g/mol. The third-order valence-electron chi connectivity index (χ3n) is 5.19. The van der Waals surface area contributed by atoms with Crippen molar-refractivity contribution in [1.82, 2.24) is 15.0 Å². The Kier molecular flexibility index (Phi) is 6.05. The number of rotatable bonds is 2. The van der Waals surface area contributed by atoms with E-state index in [4.69, 9.17) is 5.73 Å². The first-order valence-electron chi connectivity index (χ1n) is 9.43. The Morgan fingerprint density at radius 1 is 1.26 bits per heavy atom. The molecule has 3 heterocycles. The first kappa shape index (κ1) is 19.7. The van der Waals surface area contributed by atoms with Crippen molar-refractivity contribution in [3.05, 3.63) is 35.8 Å². The lowest BCUT2D eigenvalue weighted by Gasteiger charge is -2.41. The van der Waals surface area contributed by atoms with Gasteiger partial charge in [0.15, 0.2) is 0 Å². The topological polar surface area (TPSA) is 85.0 Å². The van der Waals surface area contributed by atoms with E-state index >= 15 is 0 Å². The van der Waals surface area contributed by atoms with Gasteiger partial charge in [-0.15, -0.1) is 0 Å². The highest BCUT2D eigenvalue weighted by Crippen LogP contribution is 2.45. The Balaban J connectivity index is 0.000000221. The van der Waals surface area contributed by atoms with E-state index in [-0.39, 0.29) is 5.91 Å². The van der Waals surface area contributed by atoms with Crippen LogP contribution in [0.15, 0.2) is 24.5 Å². The van der Waals surface area contributed by atoms with Crippen LogP contribution in [-0.4, -0.2) is 33.6 Å². The van der Waals surface area contributed by atoms with Gasteiger partial charge in [-0.2, -0.15) is 0 Å². The fraction of sp³-hybridized carbons (Fsp3) is 0.500. The summed E-state index contributed by atoms with van der Waals surface area (Å²) in [6.07, 6.45) is 7.13. The summed E-state index contributed by atoms with van der Waals surface area (Å²) < 4.78 is 0. The zero-order chi connectivity index (χ0) is 19.6. The third-order valence-corrected chi connectivity index (χ3v) is 6.10. The van der Waals surface area contributed by atoms with Crippen molar-refractivity contribution in [2.45, 2.75) is 46.1 Å². The Labute approximate surface area is 162 Å². The zero-order valence-corrected chi connectivity index (χ0v) is 17.4. The van der Waals surface area contributed by atoms with Gasteiger partial charge in [0, 0.05) is 36.6 Å². The highest BCUT2D eigenvalue weighted by atomic mass is 31.1. The molecule has 0 spiro atoms. The van der Waals surface area contributed by atoms with Crippen LogP contribution in [0.5, 0.6) is 0 Å². The van der Waals surface area contributed by atoms with Gasteiger partial charge in [0.1, 0.15) is 0 Å². The van der Waals surface area contributed by atoms with E-state index in [1.165, 1.54) is 23.8 Å².